The highest BCUT2D eigenvalue weighted by Crippen LogP contribution is 2.22. The number of nitrogens with zero attached hydrogens (tertiary/aromatic N) is 3. The van der Waals surface area contributed by atoms with Gasteiger partial charge < -0.3 is 0 Å². The first-order chi connectivity index (χ1) is 10.3. The van der Waals surface area contributed by atoms with Crippen LogP contribution in [0.5, 0.6) is 0 Å². The van der Waals surface area contributed by atoms with Crippen molar-refractivity contribution in [1.29, 1.82) is 0 Å². The molecule has 0 atom stereocenters. The molecular formula is C17H15N3S. The fourth-order valence-electron chi connectivity index (χ4n) is 2.03. The lowest BCUT2D eigenvalue weighted by Gasteiger charge is -2.03. The molecular weight excluding hydrogens is 278 g/mol. The smallest absolute Gasteiger partial charge is 0.119 e. The van der Waals surface area contributed by atoms with E-state index in [4.69, 9.17) is 0 Å². The molecule has 4 heteroatoms. The Labute approximate surface area is 128 Å². The Morgan fingerprint density at radius 3 is 2.52 bits per heavy atom. The van der Waals surface area contributed by atoms with Gasteiger partial charge in [-0.1, -0.05) is 41.6 Å². The van der Waals surface area contributed by atoms with Crippen molar-refractivity contribution in [2.45, 2.75) is 17.7 Å². The summed E-state index contributed by atoms with van der Waals surface area (Å²) in [4.78, 5) is 4.01. The molecule has 104 valence electrons. The number of aromatic nitrogens is 3. The fraction of sp³-hybridized carbons (Fsp3) is 0.118. The minimum Gasteiger partial charge on any atom is -0.265 e. The van der Waals surface area contributed by atoms with Crippen LogP contribution < -0.4 is 0 Å². The second kappa shape index (κ2) is 6.50. The number of benzene rings is 1. The van der Waals surface area contributed by atoms with Crippen LogP contribution in [0.1, 0.15) is 11.1 Å². The first-order valence-corrected chi connectivity index (χ1v) is 7.72. The van der Waals surface area contributed by atoms with Crippen LogP contribution in [-0.4, -0.2) is 15.2 Å². The number of hydrogen-bond acceptors (Lipinski definition) is 4. The van der Waals surface area contributed by atoms with Crippen LogP contribution in [0.4, 0.5) is 0 Å². The van der Waals surface area contributed by atoms with E-state index in [0.29, 0.717) is 0 Å². The molecule has 0 unspecified atom stereocenters. The van der Waals surface area contributed by atoms with Gasteiger partial charge in [0.15, 0.2) is 0 Å². The second-order valence-electron chi connectivity index (χ2n) is 4.77. The van der Waals surface area contributed by atoms with E-state index >= 15 is 0 Å². The van der Waals surface area contributed by atoms with Crippen LogP contribution in [0, 0.1) is 6.92 Å². The van der Waals surface area contributed by atoms with Gasteiger partial charge in [0.25, 0.3) is 0 Å². The monoisotopic (exact) mass is 293 g/mol. The lowest BCUT2D eigenvalue weighted by molar-refractivity contribution is 0.935. The van der Waals surface area contributed by atoms with Crippen LogP contribution in [0.25, 0.3) is 11.3 Å². The molecule has 0 saturated carbocycles. The molecule has 2 aromatic heterocycles. The van der Waals surface area contributed by atoms with Gasteiger partial charge in [-0.2, -0.15) is 0 Å². The Kier molecular flexibility index (Phi) is 4.26. The molecule has 0 spiro atoms. The summed E-state index contributed by atoms with van der Waals surface area (Å²) >= 11 is 1.70. The van der Waals surface area contributed by atoms with Gasteiger partial charge in [-0.15, -0.1) is 10.2 Å². The van der Waals surface area contributed by atoms with Crippen molar-refractivity contribution in [1.82, 2.24) is 15.2 Å². The molecule has 0 bridgehead atoms. The van der Waals surface area contributed by atoms with Gasteiger partial charge in [0.1, 0.15) is 5.03 Å². The third-order valence-corrected chi connectivity index (χ3v) is 4.08. The summed E-state index contributed by atoms with van der Waals surface area (Å²) in [6, 6.07) is 16.4. The lowest BCUT2D eigenvalue weighted by atomic mass is 10.2. The molecule has 3 aromatic rings. The normalized spacial score (nSPS) is 10.5. The molecule has 0 N–H and O–H groups in total. The number of thioether (sulfide) groups is 1. The predicted octanol–water partition coefficient (Wildman–Crippen LogP) is 4.14. The molecule has 3 nitrogen and oxygen atoms in total. The van der Waals surface area contributed by atoms with E-state index in [9.17, 15) is 0 Å². The molecule has 1 aromatic carbocycles. The van der Waals surface area contributed by atoms with Gasteiger partial charge in [-0.05, 0) is 36.8 Å². The van der Waals surface area contributed by atoms with Crippen molar-refractivity contribution in [3.63, 3.8) is 0 Å². The van der Waals surface area contributed by atoms with Gasteiger partial charge in [0, 0.05) is 23.7 Å². The summed E-state index contributed by atoms with van der Waals surface area (Å²) in [5.41, 5.74) is 4.50. The Hall–Kier alpha value is -2.20. The first-order valence-electron chi connectivity index (χ1n) is 6.74. The van der Waals surface area contributed by atoms with Gasteiger partial charge in [0.05, 0.1) is 5.69 Å². The number of hydrogen-bond donors (Lipinski definition) is 0. The molecule has 0 aliphatic carbocycles. The highest BCUT2D eigenvalue weighted by atomic mass is 32.2. The Morgan fingerprint density at radius 2 is 1.81 bits per heavy atom. The standard InChI is InChI=1S/C17H15N3S/c1-13-3-2-4-14(11-13)12-21-17-6-5-16(19-20-17)15-7-9-18-10-8-15/h2-11H,12H2,1H3. The molecule has 0 amide bonds. The zero-order valence-corrected chi connectivity index (χ0v) is 12.5. The summed E-state index contributed by atoms with van der Waals surface area (Å²) < 4.78 is 0. The van der Waals surface area contributed by atoms with Gasteiger partial charge in [0.2, 0.25) is 0 Å². The van der Waals surface area contributed by atoms with Crippen molar-refractivity contribution < 1.29 is 0 Å². The van der Waals surface area contributed by atoms with E-state index in [0.717, 1.165) is 22.0 Å². The largest absolute Gasteiger partial charge is 0.265 e. The minimum absolute atomic E-state index is 0.873. The maximum Gasteiger partial charge on any atom is 0.119 e. The number of pyridine rings is 1. The van der Waals surface area contributed by atoms with E-state index in [1.807, 2.05) is 24.3 Å². The average molecular weight is 293 g/mol. The SMILES string of the molecule is Cc1cccc(CSc2ccc(-c3ccncc3)nn2)c1. The summed E-state index contributed by atoms with van der Waals surface area (Å²) in [5, 5.41) is 9.50. The molecule has 0 fully saturated rings. The van der Waals surface area contributed by atoms with E-state index in [1.165, 1.54) is 11.1 Å². The van der Waals surface area contributed by atoms with Crippen LogP contribution >= 0.6 is 11.8 Å². The topological polar surface area (TPSA) is 38.7 Å². The fourth-order valence-corrected chi connectivity index (χ4v) is 2.79. The molecule has 0 aliphatic rings. The molecule has 0 saturated heterocycles. The van der Waals surface area contributed by atoms with E-state index in [1.54, 1.807) is 24.2 Å². The third kappa shape index (κ3) is 3.67. The highest BCUT2D eigenvalue weighted by molar-refractivity contribution is 7.98. The van der Waals surface area contributed by atoms with Gasteiger partial charge >= 0.3 is 0 Å². The van der Waals surface area contributed by atoms with Crippen molar-refractivity contribution >= 4 is 11.8 Å². The highest BCUT2D eigenvalue weighted by Gasteiger charge is 2.02. The van der Waals surface area contributed by atoms with E-state index in [-0.39, 0.29) is 0 Å². The van der Waals surface area contributed by atoms with Crippen molar-refractivity contribution in [3.8, 4) is 11.3 Å². The van der Waals surface area contributed by atoms with Gasteiger partial charge in [-0.3, -0.25) is 4.98 Å². The Balaban J connectivity index is 1.68. The van der Waals surface area contributed by atoms with Crippen molar-refractivity contribution in [2.24, 2.45) is 0 Å². The lowest BCUT2D eigenvalue weighted by Crippen LogP contribution is -1.90. The predicted molar refractivity (Wildman–Crippen MR) is 86.0 cm³/mol. The molecule has 0 aliphatic heterocycles. The summed E-state index contributed by atoms with van der Waals surface area (Å²) in [6.07, 6.45) is 3.52. The van der Waals surface area contributed by atoms with Crippen LogP contribution in [0.3, 0.4) is 0 Å². The third-order valence-electron chi connectivity index (χ3n) is 3.09. The van der Waals surface area contributed by atoms with Crippen molar-refractivity contribution in [3.05, 3.63) is 72.1 Å². The van der Waals surface area contributed by atoms with E-state index in [2.05, 4.69) is 46.4 Å². The van der Waals surface area contributed by atoms with Crippen LogP contribution in [-0.2, 0) is 5.75 Å². The Bertz CT molecular complexity index is 712. The summed E-state index contributed by atoms with van der Waals surface area (Å²) in [6.45, 7) is 2.11. The minimum atomic E-state index is 0.873. The molecule has 21 heavy (non-hydrogen) atoms. The van der Waals surface area contributed by atoms with Gasteiger partial charge in [-0.25, -0.2) is 0 Å². The average Bonchev–Trinajstić information content (AvgIpc) is 2.54. The second-order valence-corrected chi connectivity index (χ2v) is 5.77. The first kappa shape index (κ1) is 13.8. The number of aryl methyl sites for hydroxylation is 1. The zero-order chi connectivity index (χ0) is 14.5. The summed E-state index contributed by atoms with van der Waals surface area (Å²) in [5.74, 6) is 0.908. The van der Waals surface area contributed by atoms with Crippen LogP contribution in [0.2, 0.25) is 0 Å². The van der Waals surface area contributed by atoms with Crippen LogP contribution in [0.15, 0.2) is 66.0 Å². The number of rotatable bonds is 4. The maximum absolute atomic E-state index is 4.29. The Morgan fingerprint density at radius 1 is 0.952 bits per heavy atom. The van der Waals surface area contributed by atoms with Crippen molar-refractivity contribution in [2.75, 3.05) is 0 Å². The summed E-state index contributed by atoms with van der Waals surface area (Å²) in [7, 11) is 0. The molecule has 0 radical (unpaired) electrons. The zero-order valence-electron chi connectivity index (χ0n) is 11.7. The molecule has 2 heterocycles. The maximum atomic E-state index is 4.29. The molecule has 3 rings (SSSR count). The quantitative estimate of drug-likeness (QED) is 0.678. The van der Waals surface area contributed by atoms with E-state index < -0.39 is 0 Å².